The monoisotopic (exact) mass is 518 g/mol. The zero-order valence-corrected chi connectivity index (χ0v) is 22.6. The van der Waals surface area contributed by atoms with E-state index in [1.54, 1.807) is 6.92 Å². The quantitative estimate of drug-likeness (QED) is 0.318. The molecule has 1 unspecified atom stereocenters. The Morgan fingerprint density at radius 1 is 1.05 bits per heavy atom. The number of hydrogen-bond acceptors (Lipinski definition) is 8. The molecule has 2 aliphatic carbocycles. The molecule has 206 valence electrons. The van der Waals surface area contributed by atoms with Crippen molar-refractivity contribution in [3.05, 3.63) is 23.3 Å². The molecule has 2 saturated heterocycles. The summed E-state index contributed by atoms with van der Waals surface area (Å²) in [5, 5.41) is 10.1. The maximum absolute atomic E-state index is 13.1. The first-order valence-corrected chi connectivity index (χ1v) is 13.9. The second-order valence-electron chi connectivity index (χ2n) is 12.1. The molecule has 2 spiro atoms. The van der Waals surface area contributed by atoms with Crippen molar-refractivity contribution in [1.82, 2.24) is 0 Å². The van der Waals surface area contributed by atoms with Gasteiger partial charge in [0.25, 0.3) is 0 Å². The Balaban J connectivity index is 1.46. The van der Waals surface area contributed by atoms with Gasteiger partial charge in [-0.3, -0.25) is 4.79 Å². The number of hydrogen-bond donors (Lipinski definition) is 1. The van der Waals surface area contributed by atoms with Gasteiger partial charge < -0.3 is 28.8 Å². The summed E-state index contributed by atoms with van der Waals surface area (Å²) >= 11 is 0. The number of ether oxygens (including phenoxy) is 5. The number of carbonyl (C=O) groups excluding carboxylic acids is 2. The molecule has 2 bridgehead atoms. The van der Waals surface area contributed by atoms with Crippen LogP contribution in [0.1, 0.15) is 79.1 Å². The van der Waals surface area contributed by atoms with Crippen molar-refractivity contribution >= 4 is 11.9 Å². The fraction of sp³-hybridized carbons (Fsp3) is 0.793. The molecule has 1 saturated carbocycles. The van der Waals surface area contributed by atoms with Crippen molar-refractivity contribution in [2.24, 2.45) is 10.8 Å². The maximum atomic E-state index is 13.1. The predicted molar refractivity (Wildman–Crippen MR) is 135 cm³/mol. The molecule has 5 rings (SSSR count). The lowest BCUT2D eigenvalue weighted by Gasteiger charge is -2.58. The predicted octanol–water partition coefficient (Wildman–Crippen LogP) is 3.79. The Bertz CT molecular complexity index is 965. The van der Waals surface area contributed by atoms with Crippen LogP contribution < -0.4 is 0 Å². The fourth-order valence-corrected chi connectivity index (χ4v) is 7.32. The number of carbonyl (C=O) groups is 2. The number of allylic oxidation sites excluding steroid dienone is 1. The zero-order valence-electron chi connectivity index (χ0n) is 22.6. The Kier molecular flexibility index (Phi) is 7.33. The average molecular weight is 519 g/mol. The van der Waals surface area contributed by atoms with Gasteiger partial charge in [0.15, 0.2) is 0 Å². The van der Waals surface area contributed by atoms with E-state index in [1.807, 2.05) is 6.92 Å². The Labute approximate surface area is 219 Å². The first-order valence-electron chi connectivity index (χ1n) is 13.9. The van der Waals surface area contributed by atoms with Crippen molar-refractivity contribution in [3.63, 3.8) is 0 Å². The van der Waals surface area contributed by atoms with E-state index in [9.17, 15) is 14.7 Å². The molecule has 1 N–H and O–H groups in total. The third kappa shape index (κ3) is 4.58. The molecule has 0 aromatic heterocycles. The third-order valence-corrected chi connectivity index (χ3v) is 9.81. The summed E-state index contributed by atoms with van der Waals surface area (Å²) in [7, 11) is 0. The van der Waals surface area contributed by atoms with Crippen molar-refractivity contribution in [2.45, 2.75) is 115 Å². The Morgan fingerprint density at radius 3 is 2.57 bits per heavy atom. The number of aliphatic hydroxyl groups excluding tert-OH is 1. The smallest absolute Gasteiger partial charge is 0.330 e. The van der Waals surface area contributed by atoms with Crippen LogP contribution in [0.25, 0.3) is 0 Å². The van der Waals surface area contributed by atoms with Crippen LogP contribution in [0.15, 0.2) is 23.3 Å². The highest BCUT2D eigenvalue weighted by molar-refractivity contribution is 5.82. The van der Waals surface area contributed by atoms with Gasteiger partial charge in [0.1, 0.15) is 18.3 Å². The van der Waals surface area contributed by atoms with Crippen molar-refractivity contribution in [1.29, 1.82) is 0 Å². The number of rotatable bonds is 1. The van der Waals surface area contributed by atoms with Crippen molar-refractivity contribution in [2.75, 3.05) is 19.8 Å². The molecule has 0 amide bonds. The van der Waals surface area contributed by atoms with Gasteiger partial charge in [-0.25, -0.2) is 4.79 Å². The standard InChI is InChI=1S/C29H42O8/c1-18-9-11-28-16-34-26(32)14-19(2)10-12-33-21(20(3)30)7-5-6-8-25(31)37-22-15-24(36-23(28)13-18)29(17-35-29)27(22,28)4/h13-14,20-24,30H,5-12,15-17H2,1-4H3/b19-14+/t20-,21-,22-,23-,24-,27-,28-,29?/m1/s1. The van der Waals surface area contributed by atoms with E-state index in [2.05, 4.69) is 19.9 Å². The first kappa shape index (κ1) is 26.9. The van der Waals surface area contributed by atoms with Crippen LogP contribution in [-0.2, 0) is 33.3 Å². The van der Waals surface area contributed by atoms with Crippen LogP contribution in [-0.4, -0.2) is 73.0 Å². The molecule has 0 aromatic rings. The zero-order chi connectivity index (χ0) is 26.4. The maximum Gasteiger partial charge on any atom is 0.330 e. The molecule has 3 aliphatic heterocycles. The Hall–Kier alpha value is -1.74. The van der Waals surface area contributed by atoms with E-state index in [0.717, 1.165) is 24.8 Å². The highest BCUT2D eigenvalue weighted by Gasteiger charge is 2.83. The minimum Gasteiger partial charge on any atom is -0.462 e. The van der Waals surface area contributed by atoms with E-state index < -0.39 is 28.5 Å². The van der Waals surface area contributed by atoms with Crippen molar-refractivity contribution in [3.8, 4) is 0 Å². The second kappa shape index (κ2) is 10.1. The second-order valence-corrected chi connectivity index (χ2v) is 12.1. The molecule has 0 aromatic carbocycles. The molecular weight excluding hydrogens is 476 g/mol. The highest BCUT2D eigenvalue weighted by Crippen LogP contribution is 2.72. The summed E-state index contributed by atoms with van der Waals surface area (Å²) in [6.07, 6.45) is 7.18. The van der Waals surface area contributed by atoms with Crippen molar-refractivity contribution < 1.29 is 38.4 Å². The summed E-state index contributed by atoms with van der Waals surface area (Å²) in [6, 6.07) is 0. The lowest BCUT2D eigenvalue weighted by atomic mass is 9.51. The molecule has 5 aliphatic rings. The summed E-state index contributed by atoms with van der Waals surface area (Å²) in [5.41, 5.74) is 0.503. The molecular formula is C29H42O8. The van der Waals surface area contributed by atoms with E-state index in [-0.39, 0.29) is 37.0 Å². The van der Waals surface area contributed by atoms with Gasteiger partial charge in [0.2, 0.25) is 0 Å². The van der Waals surface area contributed by atoms with E-state index in [0.29, 0.717) is 45.3 Å². The third-order valence-electron chi connectivity index (χ3n) is 9.81. The number of cyclic esters (lactones) is 1. The van der Waals surface area contributed by atoms with E-state index >= 15 is 0 Å². The van der Waals surface area contributed by atoms with Gasteiger partial charge in [-0.15, -0.1) is 0 Å². The number of esters is 2. The average Bonchev–Trinajstić information content (AvgIpc) is 3.61. The summed E-state index contributed by atoms with van der Waals surface area (Å²) in [5.74, 6) is -0.622. The minimum absolute atomic E-state index is 0.161. The molecule has 8 heteroatoms. The van der Waals surface area contributed by atoms with Gasteiger partial charge in [0.05, 0.1) is 43.0 Å². The summed E-state index contributed by atoms with van der Waals surface area (Å²) in [6.45, 7) is 9.02. The van der Waals surface area contributed by atoms with Gasteiger partial charge in [-0.1, -0.05) is 30.6 Å². The lowest BCUT2D eigenvalue weighted by molar-refractivity contribution is -0.232. The minimum atomic E-state index is -0.614. The molecule has 0 radical (unpaired) electrons. The number of aliphatic hydroxyl groups is 1. The van der Waals surface area contributed by atoms with Crippen LogP contribution in [0.2, 0.25) is 0 Å². The first-order chi connectivity index (χ1) is 17.6. The normalized spacial score (nSPS) is 45.3. The number of epoxide rings is 1. The molecule has 37 heavy (non-hydrogen) atoms. The van der Waals surface area contributed by atoms with Gasteiger partial charge in [0, 0.05) is 24.3 Å². The summed E-state index contributed by atoms with van der Waals surface area (Å²) < 4.78 is 30.9. The fourth-order valence-electron chi connectivity index (χ4n) is 7.32. The van der Waals surface area contributed by atoms with Crippen LogP contribution >= 0.6 is 0 Å². The molecule has 3 heterocycles. The van der Waals surface area contributed by atoms with Crippen LogP contribution in [0.3, 0.4) is 0 Å². The Morgan fingerprint density at radius 2 is 1.84 bits per heavy atom. The van der Waals surface area contributed by atoms with Gasteiger partial charge >= 0.3 is 11.9 Å². The van der Waals surface area contributed by atoms with Crippen LogP contribution in [0.5, 0.6) is 0 Å². The highest BCUT2D eigenvalue weighted by atomic mass is 16.6. The van der Waals surface area contributed by atoms with Crippen LogP contribution in [0.4, 0.5) is 0 Å². The lowest BCUT2D eigenvalue weighted by Crippen LogP contribution is -2.66. The summed E-state index contributed by atoms with van der Waals surface area (Å²) in [4.78, 5) is 26.0. The topological polar surface area (TPSA) is 104 Å². The molecule has 8 nitrogen and oxygen atoms in total. The largest absolute Gasteiger partial charge is 0.462 e. The van der Waals surface area contributed by atoms with Gasteiger partial charge in [-0.05, 0) is 52.9 Å². The SMILES string of the molecule is CC1=C[C@H]2O[C@@H]3C[C@H]4OC(=O)CCCC[C@H]([C@@H](C)O)OCC/C(C)=C/C(=O)OC[C@@]2(CC1)[C@]4(C)C31CO1. The van der Waals surface area contributed by atoms with E-state index in [1.165, 1.54) is 11.6 Å². The van der Waals surface area contributed by atoms with Crippen LogP contribution in [0, 0.1) is 10.8 Å². The molecule has 8 atom stereocenters. The van der Waals surface area contributed by atoms with Gasteiger partial charge in [-0.2, -0.15) is 0 Å². The molecule has 3 fully saturated rings. The van der Waals surface area contributed by atoms with E-state index in [4.69, 9.17) is 23.7 Å².